The van der Waals surface area contributed by atoms with Crippen LogP contribution < -0.4 is 10.6 Å². The van der Waals surface area contributed by atoms with Crippen molar-refractivity contribution in [2.24, 2.45) is 10.4 Å². The van der Waals surface area contributed by atoms with Crippen molar-refractivity contribution in [1.82, 2.24) is 10.6 Å². The molecule has 2 N–H and O–H groups in total. The first-order valence-electron chi connectivity index (χ1n) is 8.95. The van der Waals surface area contributed by atoms with Crippen molar-refractivity contribution in [2.45, 2.75) is 45.6 Å². The number of rotatable bonds is 8. The molecule has 0 spiro atoms. The molecule has 0 atom stereocenters. The maximum absolute atomic E-state index is 13.7. The van der Waals surface area contributed by atoms with Gasteiger partial charge in [0.15, 0.2) is 5.96 Å². The molecule has 4 nitrogen and oxygen atoms in total. The van der Waals surface area contributed by atoms with Gasteiger partial charge in [-0.25, -0.2) is 4.39 Å². The average molecular weight is 335 g/mol. The number of ether oxygens (including phenoxy) is 1. The lowest BCUT2D eigenvalue weighted by Crippen LogP contribution is -2.43. The van der Waals surface area contributed by atoms with Crippen molar-refractivity contribution in [3.05, 3.63) is 35.6 Å². The Hall–Kier alpha value is -1.62. The lowest BCUT2D eigenvalue weighted by Gasteiger charge is -2.30. The van der Waals surface area contributed by atoms with Crippen molar-refractivity contribution in [3.8, 4) is 0 Å². The standard InChI is InChI=1S/C19H30FN3O/c1-3-24-13-12-19(10-6-7-11-19)15-23-18(21-2)22-14-16-8-4-5-9-17(16)20/h4-5,8-9H,3,6-7,10-15H2,1-2H3,(H2,21,22,23). The van der Waals surface area contributed by atoms with Gasteiger partial charge in [-0.15, -0.1) is 0 Å². The van der Waals surface area contributed by atoms with Crippen LogP contribution >= 0.6 is 0 Å². The van der Waals surface area contributed by atoms with E-state index in [0.717, 1.165) is 32.1 Å². The number of hydrogen-bond donors (Lipinski definition) is 2. The molecule has 0 bridgehead atoms. The van der Waals surface area contributed by atoms with Crippen LogP contribution in [0.2, 0.25) is 0 Å². The Morgan fingerprint density at radius 3 is 2.67 bits per heavy atom. The number of nitrogens with zero attached hydrogens (tertiary/aromatic N) is 1. The van der Waals surface area contributed by atoms with E-state index in [2.05, 4.69) is 15.6 Å². The second kappa shape index (κ2) is 9.62. The Labute approximate surface area is 144 Å². The third kappa shape index (κ3) is 5.48. The second-order valence-corrected chi connectivity index (χ2v) is 6.52. The zero-order chi connectivity index (χ0) is 17.3. The molecular weight excluding hydrogens is 305 g/mol. The molecule has 0 saturated heterocycles. The monoisotopic (exact) mass is 335 g/mol. The second-order valence-electron chi connectivity index (χ2n) is 6.52. The predicted molar refractivity (Wildman–Crippen MR) is 96.6 cm³/mol. The molecule has 134 valence electrons. The van der Waals surface area contributed by atoms with Crippen molar-refractivity contribution in [2.75, 3.05) is 26.8 Å². The zero-order valence-electron chi connectivity index (χ0n) is 14.9. The predicted octanol–water partition coefficient (Wildman–Crippen LogP) is 3.48. The maximum atomic E-state index is 13.7. The first kappa shape index (κ1) is 18.7. The minimum absolute atomic E-state index is 0.190. The topological polar surface area (TPSA) is 45.6 Å². The minimum Gasteiger partial charge on any atom is -0.382 e. The van der Waals surface area contributed by atoms with Gasteiger partial charge in [0.25, 0.3) is 0 Å². The highest BCUT2D eigenvalue weighted by Crippen LogP contribution is 2.40. The summed E-state index contributed by atoms with van der Waals surface area (Å²) in [5.41, 5.74) is 0.942. The van der Waals surface area contributed by atoms with Gasteiger partial charge in [0, 0.05) is 38.9 Å². The number of aliphatic imine (C=N–C) groups is 1. The molecule has 0 unspecified atom stereocenters. The molecule has 0 amide bonds. The third-order valence-electron chi connectivity index (χ3n) is 4.90. The van der Waals surface area contributed by atoms with E-state index in [9.17, 15) is 4.39 Å². The molecule has 5 heteroatoms. The zero-order valence-corrected chi connectivity index (χ0v) is 14.9. The fourth-order valence-corrected chi connectivity index (χ4v) is 3.39. The van der Waals surface area contributed by atoms with Crippen molar-refractivity contribution < 1.29 is 9.13 Å². The van der Waals surface area contributed by atoms with Crippen molar-refractivity contribution >= 4 is 5.96 Å². The Morgan fingerprint density at radius 1 is 1.25 bits per heavy atom. The van der Waals surface area contributed by atoms with Crippen LogP contribution in [-0.4, -0.2) is 32.8 Å². The van der Waals surface area contributed by atoms with Gasteiger partial charge in [0.05, 0.1) is 0 Å². The van der Waals surface area contributed by atoms with Gasteiger partial charge < -0.3 is 15.4 Å². The van der Waals surface area contributed by atoms with Gasteiger partial charge in [0.2, 0.25) is 0 Å². The fraction of sp³-hybridized carbons (Fsp3) is 0.632. The minimum atomic E-state index is -0.190. The van der Waals surface area contributed by atoms with E-state index < -0.39 is 0 Å². The molecule has 1 aromatic carbocycles. The van der Waals surface area contributed by atoms with Crippen LogP contribution in [0.4, 0.5) is 4.39 Å². The molecule has 24 heavy (non-hydrogen) atoms. The summed E-state index contributed by atoms with van der Waals surface area (Å²) >= 11 is 0. The largest absolute Gasteiger partial charge is 0.382 e. The van der Waals surface area contributed by atoms with E-state index in [4.69, 9.17) is 4.74 Å². The normalized spacial score (nSPS) is 17.0. The van der Waals surface area contributed by atoms with E-state index in [1.165, 1.54) is 31.7 Å². The van der Waals surface area contributed by atoms with Crippen LogP contribution in [0.15, 0.2) is 29.3 Å². The first-order chi connectivity index (χ1) is 11.7. The van der Waals surface area contributed by atoms with Crippen LogP contribution in [0.5, 0.6) is 0 Å². The third-order valence-corrected chi connectivity index (χ3v) is 4.90. The van der Waals surface area contributed by atoms with Crippen LogP contribution in [-0.2, 0) is 11.3 Å². The Balaban J connectivity index is 1.84. The highest BCUT2D eigenvalue weighted by atomic mass is 19.1. The number of nitrogens with one attached hydrogen (secondary N) is 2. The number of hydrogen-bond acceptors (Lipinski definition) is 2. The summed E-state index contributed by atoms with van der Waals surface area (Å²) in [5, 5.41) is 6.63. The molecule has 1 fully saturated rings. The highest BCUT2D eigenvalue weighted by molar-refractivity contribution is 5.79. The molecule has 0 radical (unpaired) electrons. The van der Waals surface area contributed by atoms with E-state index in [0.29, 0.717) is 17.5 Å². The summed E-state index contributed by atoms with van der Waals surface area (Å²) in [5.74, 6) is 0.533. The van der Waals surface area contributed by atoms with Gasteiger partial charge in [0.1, 0.15) is 5.82 Å². The van der Waals surface area contributed by atoms with Crippen molar-refractivity contribution in [3.63, 3.8) is 0 Å². The molecule has 0 aromatic heterocycles. The number of halogens is 1. The van der Waals surface area contributed by atoms with Gasteiger partial charge >= 0.3 is 0 Å². The average Bonchev–Trinajstić information content (AvgIpc) is 3.06. The van der Waals surface area contributed by atoms with Crippen LogP contribution in [0.3, 0.4) is 0 Å². The maximum Gasteiger partial charge on any atom is 0.191 e. The Bertz CT molecular complexity index is 527. The molecule has 1 saturated carbocycles. The summed E-state index contributed by atoms with van der Waals surface area (Å²) < 4.78 is 19.3. The van der Waals surface area contributed by atoms with Gasteiger partial charge in [-0.2, -0.15) is 0 Å². The summed E-state index contributed by atoms with van der Waals surface area (Å²) in [7, 11) is 1.75. The highest BCUT2D eigenvalue weighted by Gasteiger charge is 2.33. The molecule has 0 heterocycles. The lowest BCUT2D eigenvalue weighted by molar-refractivity contribution is 0.105. The molecule has 2 rings (SSSR count). The van der Waals surface area contributed by atoms with E-state index in [-0.39, 0.29) is 5.82 Å². The Kier molecular flexibility index (Phi) is 7.50. The number of guanidine groups is 1. The lowest BCUT2D eigenvalue weighted by atomic mass is 9.83. The van der Waals surface area contributed by atoms with Crippen LogP contribution in [0.25, 0.3) is 0 Å². The van der Waals surface area contributed by atoms with Gasteiger partial charge in [-0.3, -0.25) is 4.99 Å². The van der Waals surface area contributed by atoms with Gasteiger partial charge in [-0.05, 0) is 37.7 Å². The fourth-order valence-electron chi connectivity index (χ4n) is 3.39. The van der Waals surface area contributed by atoms with Gasteiger partial charge in [-0.1, -0.05) is 31.0 Å². The summed E-state index contributed by atoms with van der Waals surface area (Å²) in [4.78, 5) is 4.26. The smallest absolute Gasteiger partial charge is 0.191 e. The van der Waals surface area contributed by atoms with E-state index in [1.807, 2.05) is 13.0 Å². The summed E-state index contributed by atoms with van der Waals surface area (Å²) in [6.07, 6.45) is 6.12. The number of benzene rings is 1. The molecule has 0 aliphatic heterocycles. The Morgan fingerprint density at radius 2 is 2.00 bits per heavy atom. The molecule has 1 aliphatic rings. The van der Waals surface area contributed by atoms with Crippen LogP contribution in [0.1, 0.15) is 44.6 Å². The first-order valence-corrected chi connectivity index (χ1v) is 8.95. The SMILES string of the molecule is CCOCCC1(CNC(=NC)NCc2ccccc2F)CCCC1. The van der Waals surface area contributed by atoms with Crippen molar-refractivity contribution in [1.29, 1.82) is 0 Å². The van der Waals surface area contributed by atoms with E-state index in [1.54, 1.807) is 19.2 Å². The summed E-state index contributed by atoms with van der Waals surface area (Å²) in [6.45, 7) is 4.94. The van der Waals surface area contributed by atoms with E-state index >= 15 is 0 Å². The molecule has 1 aromatic rings. The quantitative estimate of drug-likeness (QED) is 0.434. The summed E-state index contributed by atoms with van der Waals surface area (Å²) in [6, 6.07) is 6.82. The molecular formula is C19H30FN3O. The molecule has 1 aliphatic carbocycles. The van der Waals surface area contributed by atoms with Crippen LogP contribution in [0, 0.1) is 11.2 Å².